The van der Waals surface area contributed by atoms with Crippen molar-refractivity contribution in [2.75, 3.05) is 32.0 Å². The number of rotatable bonds is 5. The Hall–Kier alpha value is -2.33. The van der Waals surface area contributed by atoms with E-state index in [0.717, 1.165) is 29.8 Å². The summed E-state index contributed by atoms with van der Waals surface area (Å²) in [5, 5.41) is 4.37. The van der Waals surface area contributed by atoms with Gasteiger partial charge in [0.25, 0.3) is 0 Å². The lowest BCUT2D eigenvalue weighted by Crippen LogP contribution is -2.21. The predicted octanol–water partition coefficient (Wildman–Crippen LogP) is 4.17. The second-order valence-electron chi connectivity index (χ2n) is 6.48. The van der Waals surface area contributed by atoms with E-state index in [2.05, 4.69) is 39.5 Å². The van der Waals surface area contributed by atoms with E-state index in [1.807, 2.05) is 25.7 Å². The van der Waals surface area contributed by atoms with Gasteiger partial charge in [0.2, 0.25) is 0 Å². The van der Waals surface area contributed by atoms with Gasteiger partial charge in [0.05, 0.1) is 12.0 Å². The maximum Gasteiger partial charge on any atom is 0.134 e. The maximum atomic E-state index is 5.75. The summed E-state index contributed by atoms with van der Waals surface area (Å²) in [7, 11) is 1.91. The first-order valence-electron chi connectivity index (χ1n) is 8.69. The van der Waals surface area contributed by atoms with Crippen LogP contribution in [0.5, 0.6) is 0 Å². The molecular formula is C20H23N3O. The highest BCUT2D eigenvalue weighted by atomic mass is 16.3. The van der Waals surface area contributed by atoms with Gasteiger partial charge in [-0.1, -0.05) is 6.07 Å². The molecule has 3 heterocycles. The van der Waals surface area contributed by atoms with Gasteiger partial charge >= 0.3 is 0 Å². The van der Waals surface area contributed by atoms with Crippen LogP contribution in [0.25, 0.3) is 22.1 Å². The summed E-state index contributed by atoms with van der Waals surface area (Å²) in [5.41, 5.74) is 5.59. The first-order valence-corrected chi connectivity index (χ1v) is 8.69. The Morgan fingerprint density at radius 1 is 1.12 bits per heavy atom. The van der Waals surface area contributed by atoms with Crippen LogP contribution in [-0.2, 0) is 6.42 Å². The minimum absolute atomic E-state index is 0.966. The van der Waals surface area contributed by atoms with Crippen molar-refractivity contribution in [3.05, 3.63) is 48.5 Å². The molecule has 0 unspecified atom stereocenters. The van der Waals surface area contributed by atoms with E-state index in [1.165, 1.54) is 42.4 Å². The lowest BCUT2D eigenvalue weighted by molar-refractivity contribution is 0.343. The molecule has 24 heavy (non-hydrogen) atoms. The fraction of sp³-hybridized carbons (Fsp3) is 0.350. The number of fused-ring (bicyclic) bond motifs is 1. The molecule has 2 aromatic heterocycles. The number of aromatic nitrogens is 1. The van der Waals surface area contributed by atoms with Crippen molar-refractivity contribution in [3.8, 4) is 11.1 Å². The standard InChI is InChI=1S/C20H23N3O/c1-21-18-10-17(12-22-13-18)15-4-5-20-19(11-15)16(14-24-20)6-9-23-7-2-3-8-23/h4-5,10-14,21H,2-3,6-9H2,1H3. The summed E-state index contributed by atoms with van der Waals surface area (Å²) in [6.07, 6.45) is 9.39. The summed E-state index contributed by atoms with van der Waals surface area (Å²) >= 11 is 0. The lowest BCUT2D eigenvalue weighted by atomic mass is 10.0. The third-order valence-corrected chi connectivity index (χ3v) is 4.91. The van der Waals surface area contributed by atoms with Crippen molar-refractivity contribution in [2.45, 2.75) is 19.3 Å². The normalized spacial score (nSPS) is 15.2. The number of nitrogens with one attached hydrogen (secondary N) is 1. The molecule has 1 aliphatic rings. The van der Waals surface area contributed by atoms with E-state index in [0.29, 0.717) is 0 Å². The van der Waals surface area contributed by atoms with Crippen molar-refractivity contribution >= 4 is 16.7 Å². The molecular weight excluding hydrogens is 298 g/mol. The van der Waals surface area contributed by atoms with Crippen LogP contribution in [0.15, 0.2) is 47.3 Å². The second-order valence-corrected chi connectivity index (χ2v) is 6.48. The first-order chi connectivity index (χ1) is 11.8. The number of hydrogen-bond donors (Lipinski definition) is 1. The average Bonchev–Trinajstić information content (AvgIpc) is 3.29. The zero-order valence-corrected chi connectivity index (χ0v) is 14.1. The largest absolute Gasteiger partial charge is 0.464 e. The highest BCUT2D eigenvalue weighted by Gasteiger charge is 2.13. The molecule has 1 N–H and O–H groups in total. The van der Waals surface area contributed by atoms with E-state index in [1.54, 1.807) is 0 Å². The van der Waals surface area contributed by atoms with Crippen LogP contribution in [0.4, 0.5) is 5.69 Å². The molecule has 1 aliphatic heterocycles. The van der Waals surface area contributed by atoms with Crippen LogP contribution in [0, 0.1) is 0 Å². The highest BCUT2D eigenvalue weighted by Crippen LogP contribution is 2.29. The molecule has 0 amide bonds. The third-order valence-electron chi connectivity index (χ3n) is 4.91. The van der Waals surface area contributed by atoms with Gasteiger partial charge in [0.1, 0.15) is 5.58 Å². The molecule has 4 rings (SSSR count). The summed E-state index contributed by atoms with van der Waals surface area (Å²) in [5.74, 6) is 0. The number of hydrogen-bond acceptors (Lipinski definition) is 4. The molecule has 124 valence electrons. The van der Waals surface area contributed by atoms with E-state index >= 15 is 0 Å². The maximum absolute atomic E-state index is 5.75. The Morgan fingerprint density at radius 2 is 2.00 bits per heavy atom. The summed E-state index contributed by atoms with van der Waals surface area (Å²) < 4.78 is 5.75. The van der Waals surface area contributed by atoms with Crippen LogP contribution >= 0.6 is 0 Å². The van der Waals surface area contributed by atoms with Gasteiger partial charge in [-0.25, -0.2) is 0 Å². The Bertz CT molecular complexity index is 834. The average molecular weight is 321 g/mol. The Balaban J connectivity index is 1.62. The fourth-order valence-electron chi connectivity index (χ4n) is 3.47. The lowest BCUT2D eigenvalue weighted by Gasteiger charge is -2.13. The molecule has 1 saturated heterocycles. The van der Waals surface area contributed by atoms with Gasteiger partial charge in [0, 0.05) is 36.9 Å². The van der Waals surface area contributed by atoms with Crippen LogP contribution in [-0.4, -0.2) is 36.6 Å². The molecule has 0 aliphatic carbocycles. The highest BCUT2D eigenvalue weighted by molar-refractivity contribution is 5.86. The van der Waals surface area contributed by atoms with E-state index in [9.17, 15) is 0 Å². The Labute approximate surface area is 142 Å². The second kappa shape index (κ2) is 6.65. The zero-order valence-electron chi connectivity index (χ0n) is 14.1. The molecule has 0 atom stereocenters. The van der Waals surface area contributed by atoms with Crippen molar-refractivity contribution in [3.63, 3.8) is 0 Å². The van der Waals surface area contributed by atoms with Crippen LogP contribution in [0.2, 0.25) is 0 Å². The number of nitrogens with zero attached hydrogens (tertiary/aromatic N) is 2. The summed E-state index contributed by atoms with van der Waals surface area (Å²) in [4.78, 5) is 6.86. The molecule has 0 spiro atoms. The van der Waals surface area contributed by atoms with Crippen molar-refractivity contribution in [1.29, 1.82) is 0 Å². The molecule has 0 saturated carbocycles. The summed E-state index contributed by atoms with van der Waals surface area (Å²) in [6.45, 7) is 3.60. The minimum atomic E-state index is 0.966. The molecule has 1 fully saturated rings. The van der Waals surface area contributed by atoms with Gasteiger partial charge < -0.3 is 14.6 Å². The molecule has 3 aromatic rings. The number of benzene rings is 1. The zero-order chi connectivity index (χ0) is 16.4. The summed E-state index contributed by atoms with van der Waals surface area (Å²) in [6, 6.07) is 8.52. The topological polar surface area (TPSA) is 41.3 Å². The molecule has 4 nitrogen and oxygen atoms in total. The van der Waals surface area contributed by atoms with E-state index < -0.39 is 0 Å². The predicted molar refractivity (Wildman–Crippen MR) is 98.4 cm³/mol. The fourth-order valence-corrected chi connectivity index (χ4v) is 3.47. The third kappa shape index (κ3) is 3.02. The molecule has 0 bridgehead atoms. The van der Waals surface area contributed by atoms with E-state index in [4.69, 9.17) is 4.42 Å². The van der Waals surface area contributed by atoms with Gasteiger partial charge in [0.15, 0.2) is 0 Å². The van der Waals surface area contributed by atoms with Gasteiger partial charge in [-0.3, -0.25) is 4.98 Å². The van der Waals surface area contributed by atoms with Crippen LogP contribution < -0.4 is 5.32 Å². The quantitative estimate of drug-likeness (QED) is 0.765. The Kier molecular flexibility index (Phi) is 4.22. The molecule has 4 heteroatoms. The molecule has 0 radical (unpaired) electrons. The van der Waals surface area contributed by atoms with Crippen molar-refractivity contribution in [1.82, 2.24) is 9.88 Å². The van der Waals surface area contributed by atoms with Gasteiger partial charge in [-0.05, 0) is 61.7 Å². The van der Waals surface area contributed by atoms with Gasteiger partial charge in [-0.15, -0.1) is 0 Å². The van der Waals surface area contributed by atoms with Crippen molar-refractivity contribution in [2.24, 2.45) is 0 Å². The number of furan rings is 1. The number of likely N-dealkylation sites (tertiary alicyclic amines) is 1. The van der Waals surface area contributed by atoms with Crippen LogP contribution in [0.3, 0.4) is 0 Å². The van der Waals surface area contributed by atoms with E-state index in [-0.39, 0.29) is 0 Å². The Morgan fingerprint density at radius 3 is 2.83 bits per heavy atom. The molecule has 1 aromatic carbocycles. The monoisotopic (exact) mass is 321 g/mol. The number of pyridine rings is 1. The van der Waals surface area contributed by atoms with Gasteiger partial charge in [-0.2, -0.15) is 0 Å². The number of anilines is 1. The van der Waals surface area contributed by atoms with Crippen LogP contribution in [0.1, 0.15) is 18.4 Å². The van der Waals surface area contributed by atoms with Crippen molar-refractivity contribution < 1.29 is 4.42 Å². The SMILES string of the molecule is CNc1cncc(-c2ccc3occ(CCN4CCCC4)c3c2)c1. The smallest absolute Gasteiger partial charge is 0.134 e. The minimum Gasteiger partial charge on any atom is -0.464 e. The first kappa shape index (κ1) is 15.2.